The third kappa shape index (κ3) is 3.32. The lowest BCUT2D eigenvalue weighted by Crippen LogP contribution is -2.41. The predicted molar refractivity (Wildman–Crippen MR) is 91.7 cm³/mol. The fraction of sp³-hybridized carbons (Fsp3) is 0.529. The fourth-order valence-electron chi connectivity index (χ4n) is 2.84. The van der Waals surface area contributed by atoms with Crippen molar-refractivity contribution in [2.24, 2.45) is 0 Å². The maximum atomic E-state index is 12.5. The zero-order valence-corrected chi connectivity index (χ0v) is 15.0. The van der Waals surface area contributed by atoms with E-state index in [1.54, 1.807) is 0 Å². The molecule has 1 saturated heterocycles. The highest BCUT2D eigenvalue weighted by atomic mass is 32.1. The van der Waals surface area contributed by atoms with Crippen molar-refractivity contribution in [1.29, 1.82) is 0 Å². The molecule has 0 atom stereocenters. The predicted octanol–water partition coefficient (Wildman–Crippen LogP) is 2.28. The van der Waals surface area contributed by atoms with Crippen LogP contribution in [-0.4, -0.2) is 53.6 Å². The number of carbonyl (C=O) groups excluding carboxylic acids is 2. The molecule has 3 rings (SSSR count). The van der Waals surface area contributed by atoms with Crippen molar-refractivity contribution in [3.63, 3.8) is 0 Å². The molecule has 6 nitrogen and oxygen atoms in total. The van der Waals surface area contributed by atoms with Gasteiger partial charge in [0, 0.05) is 30.4 Å². The smallest absolute Gasteiger partial charge is 0.341 e. The van der Waals surface area contributed by atoms with Gasteiger partial charge in [0.15, 0.2) is 0 Å². The Hall–Kier alpha value is -1.86. The molecule has 130 valence electrons. The SMILES string of the molecule is Cc1cn2c(CC(=O)N3CCOCC3)csc2c1C(=O)OC(C)C. The molecule has 7 heteroatoms. The first kappa shape index (κ1) is 17.0. The Morgan fingerprint density at radius 1 is 1.33 bits per heavy atom. The summed E-state index contributed by atoms with van der Waals surface area (Å²) in [4.78, 5) is 27.4. The molecule has 0 aliphatic carbocycles. The first-order valence-corrected chi connectivity index (χ1v) is 9.00. The normalized spacial score (nSPS) is 15.2. The van der Waals surface area contributed by atoms with Crippen LogP contribution >= 0.6 is 11.3 Å². The molecule has 1 amide bonds. The Bertz CT molecular complexity index is 756. The molecule has 24 heavy (non-hydrogen) atoms. The maximum absolute atomic E-state index is 12.5. The molecule has 0 aromatic carbocycles. The van der Waals surface area contributed by atoms with Crippen LogP contribution in [0.5, 0.6) is 0 Å². The lowest BCUT2D eigenvalue weighted by Gasteiger charge is -2.26. The Balaban J connectivity index is 1.83. The molecule has 3 heterocycles. The van der Waals surface area contributed by atoms with E-state index in [-0.39, 0.29) is 18.0 Å². The number of aromatic nitrogens is 1. The van der Waals surface area contributed by atoms with E-state index in [0.717, 1.165) is 16.1 Å². The molecular weight excluding hydrogens is 328 g/mol. The number of nitrogens with zero attached hydrogens (tertiary/aromatic N) is 2. The summed E-state index contributed by atoms with van der Waals surface area (Å²) >= 11 is 1.47. The number of esters is 1. The molecule has 1 aliphatic heterocycles. The van der Waals surface area contributed by atoms with E-state index in [2.05, 4.69) is 0 Å². The lowest BCUT2D eigenvalue weighted by atomic mass is 10.2. The second-order valence-corrected chi connectivity index (χ2v) is 7.07. The van der Waals surface area contributed by atoms with E-state index < -0.39 is 0 Å². The molecular formula is C17H22N2O4S. The summed E-state index contributed by atoms with van der Waals surface area (Å²) in [7, 11) is 0. The molecule has 1 aliphatic rings. The van der Waals surface area contributed by atoms with Crippen molar-refractivity contribution in [3.8, 4) is 0 Å². The van der Waals surface area contributed by atoms with Crippen LogP contribution in [0.25, 0.3) is 4.83 Å². The molecule has 2 aromatic rings. The zero-order valence-electron chi connectivity index (χ0n) is 14.2. The van der Waals surface area contributed by atoms with Gasteiger partial charge in [-0.2, -0.15) is 0 Å². The van der Waals surface area contributed by atoms with Crippen LogP contribution in [-0.2, 0) is 20.7 Å². The lowest BCUT2D eigenvalue weighted by molar-refractivity contribution is -0.134. The third-order valence-electron chi connectivity index (χ3n) is 4.01. The van der Waals surface area contributed by atoms with Gasteiger partial charge in [0.1, 0.15) is 4.83 Å². The van der Waals surface area contributed by atoms with Crippen LogP contribution in [0.2, 0.25) is 0 Å². The highest BCUT2D eigenvalue weighted by molar-refractivity contribution is 7.16. The van der Waals surface area contributed by atoms with Crippen molar-refractivity contribution in [2.75, 3.05) is 26.3 Å². The van der Waals surface area contributed by atoms with E-state index in [0.29, 0.717) is 38.3 Å². The summed E-state index contributed by atoms with van der Waals surface area (Å²) in [6.07, 6.45) is 2.08. The first-order chi connectivity index (χ1) is 11.5. The molecule has 0 radical (unpaired) electrons. The standard InChI is InChI=1S/C17H22N2O4S/c1-11(2)23-17(21)15-12(3)9-19-13(10-24-16(15)19)8-14(20)18-4-6-22-7-5-18/h9-11H,4-8H2,1-3H3. The van der Waals surface area contributed by atoms with Crippen molar-refractivity contribution in [2.45, 2.75) is 33.3 Å². The highest BCUT2D eigenvalue weighted by Crippen LogP contribution is 2.27. The first-order valence-electron chi connectivity index (χ1n) is 8.12. The molecule has 0 saturated carbocycles. The summed E-state index contributed by atoms with van der Waals surface area (Å²) in [6, 6.07) is 0. The van der Waals surface area contributed by atoms with Gasteiger partial charge in [0.25, 0.3) is 0 Å². The summed E-state index contributed by atoms with van der Waals surface area (Å²) < 4.78 is 12.6. The molecule has 0 N–H and O–H groups in total. The molecule has 0 spiro atoms. The number of morpholine rings is 1. The van der Waals surface area contributed by atoms with E-state index >= 15 is 0 Å². The maximum Gasteiger partial charge on any atom is 0.341 e. The van der Waals surface area contributed by atoms with Gasteiger partial charge in [0.05, 0.1) is 31.3 Å². The van der Waals surface area contributed by atoms with Crippen LogP contribution in [0, 0.1) is 6.92 Å². The Kier molecular flexibility index (Phi) is 4.91. The van der Waals surface area contributed by atoms with Gasteiger partial charge in [-0.3, -0.25) is 4.79 Å². The van der Waals surface area contributed by atoms with Gasteiger partial charge in [-0.15, -0.1) is 11.3 Å². The minimum absolute atomic E-state index is 0.0932. The summed E-state index contributed by atoms with van der Waals surface area (Å²) in [6.45, 7) is 8.04. The number of ether oxygens (including phenoxy) is 2. The summed E-state index contributed by atoms with van der Waals surface area (Å²) in [5.41, 5.74) is 2.37. The van der Waals surface area contributed by atoms with Gasteiger partial charge in [-0.1, -0.05) is 0 Å². The number of thiazole rings is 1. The van der Waals surface area contributed by atoms with Gasteiger partial charge in [-0.25, -0.2) is 4.79 Å². The number of hydrogen-bond donors (Lipinski definition) is 0. The second kappa shape index (κ2) is 6.94. The van der Waals surface area contributed by atoms with Crippen LogP contribution in [0.1, 0.15) is 35.5 Å². The fourth-order valence-corrected chi connectivity index (χ4v) is 3.93. The quantitative estimate of drug-likeness (QED) is 0.794. The van der Waals surface area contributed by atoms with E-state index in [9.17, 15) is 9.59 Å². The summed E-state index contributed by atoms with van der Waals surface area (Å²) in [5, 5.41) is 1.94. The van der Waals surface area contributed by atoms with Gasteiger partial charge < -0.3 is 18.8 Å². The van der Waals surface area contributed by atoms with Gasteiger partial charge >= 0.3 is 5.97 Å². The number of carbonyl (C=O) groups is 2. The van der Waals surface area contributed by atoms with Gasteiger partial charge in [-0.05, 0) is 26.3 Å². The van der Waals surface area contributed by atoms with Crippen molar-refractivity contribution < 1.29 is 19.1 Å². The summed E-state index contributed by atoms with van der Waals surface area (Å²) in [5.74, 6) is -0.214. The minimum Gasteiger partial charge on any atom is -0.459 e. The van der Waals surface area contributed by atoms with E-state index in [4.69, 9.17) is 9.47 Å². The monoisotopic (exact) mass is 350 g/mol. The number of rotatable bonds is 4. The molecule has 1 fully saturated rings. The van der Waals surface area contributed by atoms with Crippen LogP contribution in [0.3, 0.4) is 0 Å². The molecule has 0 bridgehead atoms. The van der Waals surface area contributed by atoms with Crippen molar-refractivity contribution >= 4 is 28.0 Å². The highest BCUT2D eigenvalue weighted by Gasteiger charge is 2.23. The Labute approximate surface area is 145 Å². The third-order valence-corrected chi connectivity index (χ3v) is 5.02. The second-order valence-electron chi connectivity index (χ2n) is 6.21. The van der Waals surface area contributed by atoms with Crippen LogP contribution in [0.15, 0.2) is 11.6 Å². The van der Waals surface area contributed by atoms with Gasteiger partial charge in [0.2, 0.25) is 5.91 Å². The Morgan fingerprint density at radius 3 is 2.71 bits per heavy atom. The van der Waals surface area contributed by atoms with Crippen LogP contribution < -0.4 is 0 Å². The van der Waals surface area contributed by atoms with E-state index in [1.807, 2.05) is 41.6 Å². The number of hydrogen-bond acceptors (Lipinski definition) is 5. The molecule has 2 aromatic heterocycles. The van der Waals surface area contributed by atoms with E-state index in [1.165, 1.54) is 11.3 Å². The average Bonchev–Trinajstić information content (AvgIpc) is 3.06. The van der Waals surface area contributed by atoms with Crippen molar-refractivity contribution in [3.05, 3.63) is 28.4 Å². The average molecular weight is 350 g/mol. The topological polar surface area (TPSA) is 60.2 Å². The minimum atomic E-state index is -0.307. The number of fused-ring (bicyclic) bond motifs is 1. The number of amides is 1. The molecule has 0 unspecified atom stereocenters. The Morgan fingerprint density at radius 2 is 2.04 bits per heavy atom. The van der Waals surface area contributed by atoms with Crippen molar-refractivity contribution in [1.82, 2.24) is 9.30 Å². The number of aryl methyl sites for hydroxylation is 1. The van der Waals surface area contributed by atoms with Crippen LogP contribution in [0.4, 0.5) is 0 Å². The zero-order chi connectivity index (χ0) is 17.3. The largest absolute Gasteiger partial charge is 0.459 e.